The van der Waals surface area contributed by atoms with Crippen LogP contribution in [0.1, 0.15) is 38.2 Å². The Bertz CT molecular complexity index is 600. The molecule has 0 radical (unpaired) electrons. The van der Waals surface area contributed by atoms with Gasteiger partial charge in [0.2, 0.25) is 0 Å². The number of benzene rings is 1. The van der Waals surface area contributed by atoms with Crippen molar-refractivity contribution in [2.24, 2.45) is 10.9 Å². The first-order valence-corrected chi connectivity index (χ1v) is 7.08. The summed E-state index contributed by atoms with van der Waals surface area (Å²) in [5, 5.41) is 11.0. The maximum absolute atomic E-state index is 9.98. The van der Waals surface area contributed by atoms with Gasteiger partial charge in [-0.25, -0.2) is 0 Å². The smallest absolute Gasteiger partial charge is 0.198 e. The molecule has 1 heterocycles. The highest BCUT2D eigenvalue weighted by molar-refractivity contribution is 6.01. The van der Waals surface area contributed by atoms with Gasteiger partial charge in [-0.3, -0.25) is 4.99 Å². The number of nitrogens with zero attached hydrogens (tertiary/aromatic N) is 1. The molecule has 2 N–H and O–H groups in total. The van der Waals surface area contributed by atoms with Gasteiger partial charge >= 0.3 is 0 Å². The Labute approximate surface area is 113 Å². The number of nitrogens with one attached hydrogen (secondary N) is 1. The zero-order chi connectivity index (χ0) is 13.2. The van der Waals surface area contributed by atoms with Crippen molar-refractivity contribution in [2.45, 2.75) is 38.6 Å². The van der Waals surface area contributed by atoms with Gasteiger partial charge in [-0.2, -0.15) is 0 Å². The van der Waals surface area contributed by atoms with E-state index >= 15 is 0 Å². The number of aromatic hydroxyl groups is 1. The zero-order valence-corrected chi connectivity index (χ0v) is 11.3. The Balaban J connectivity index is 1.90. The first-order chi connectivity index (χ1) is 9.25. The quantitative estimate of drug-likeness (QED) is 0.787. The van der Waals surface area contributed by atoms with Gasteiger partial charge in [0.25, 0.3) is 0 Å². The minimum Gasteiger partial charge on any atom is -0.494 e. The van der Waals surface area contributed by atoms with Crippen LogP contribution in [0, 0.1) is 5.92 Å². The van der Waals surface area contributed by atoms with Crippen molar-refractivity contribution in [3.63, 3.8) is 0 Å². The summed E-state index contributed by atoms with van der Waals surface area (Å²) in [5.41, 5.74) is 1.77. The van der Waals surface area contributed by atoms with Crippen LogP contribution in [-0.2, 0) is 0 Å². The first kappa shape index (κ1) is 12.3. The minimum absolute atomic E-state index is 0.216. The van der Waals surface area contributed by atoms with E-state index in [1.807, 2.05) is 30.5 Å². The van der Waals surface area contributed by atoms with Crippen LogP contribution in [0.25, 0.3) is 10.9 Å². The Morgan fingerprint density at radius 2 is 2.05 bits per heavy atom. The highest BCUT2D eigenvalue weighted by atomic mass is 16.3. The number of aromatic nitrogens is 1. The average molecular weight is 256 g/mol. The molecule has 0 bridgehead atoms. The van der Waals surface area contributed by atoms with Crippen LogP contribution in [-0.4, -0.2) is 22.3 Å². The molecule has 1 aromatic carbocycles. The summed E-state index contributed by atoms with van der Waals surface area (Å²) in [4.78, 5) is 7.70. The molecule has 0 spiro atoms. The average Bonchev–Trinajstić information content (AvgIpc) is 2.74. The molecule has 1 fully saturated rings. The number of rotatable bonds is 2. The molecule has 2 aromatic rings. The molecule has 0 aliphatic heterocycles. The lowest BCUT2D eigenvalue weighted by atomic mass is 9.86. The second-order valence-electron chi connectivity index (χ2n) is 5.54. The molecule has 100 valence electrons. The summed E-state index contributed by atoms with van der Waals surface area (Å²) in [7, 11) is 0. The van der Waals surface area contributed by atoms with E-state index in [-0.39, 0.29) is 5.88 Å². The lowest BCUT2D eigenvalue weighted by molar-refractivity contribution is 0.333. The van der Waals surface area contributed by atoms with Crippen molar-refractivity contribution in [2.75, 3.05) is 0 Å². The predicted octanol–water partition coefficient (Wildman–Crippen LogP) is 3.87. The number of para-hydroxylation sites is 1. The van der Waals surface area contributed by atoms with E-state index < -0.39 is 0 Å². The second kappa shape index (κ2) is 5.08. The summed E-state index contributed by atoms with van der Waals surface area (Å²) in [5.74, 6) is 0.866. The van der Waals surface area contributed by atoms with E-state index in [1.54, 1.807) is 0 Å². The highest BCUT2D eigenvalue weighted by Crippen LogP contribution is 2.28. The number of aliphatic imine (C=N–C) groups is 1. The molecule has 3 nitrogen and oxygen atoms in total. The standard InChI is InChI=1S/C16H20N2O/c1-11-6-2-4-8-14(11)17-10-13-12-7-3-5-9-15(12)18-16(13)19/h3,5,7,9-11,14,18-19H,2,4,6,8H2,1H3/t11-,14+/m1/s1. The van der Waals surface area contributed by atoms with Gasteiger partial charge in [-0.05, 0) is 24.8 Å². The summed E-state index contributed by atoms with van der Waals surface area (Å²) in [6.45, 7) is 2.27. The topological polar surface area (TPSA) is 48.4 Å². The third-order valence-corrected chi connectivity index (χ3v) is 4.19. The third-order valence-electron chi connectivity index (χ3n) is 4.19. The van der Waals surface area contributed by atoms with Crippen LogP contribution in [0.5, 0.6) is 5.88 Å². The lowest BCUT2D eigenvalue weighted by Gasteiger charge is -2.25. The van der Waals surface area contributed by atoms with Gasteiger partial charge in [0.05, 0.1) is 11.6 Å². The van der Waals surface area contributed by atoms with Gasteiger partial charge < -0.3 is 10.1 Å². The van der Waals surface area contributed by atoms with Crippen molar-refractivity contribution in [1.82, 2.24) is 4.98 Å². The SMILES string of the molecule is C[C@@H]1CCCC[C@@H]1N=Cc1c(O)[nH]c2ccccc12. The molecule has 0 amide bonds. The third kappa shape index (κ3) is 2.37. The fourth-order valence-electron chi connectivity index (χ4n) is 2.97. The Morgan fingerprint density at radius 1 is 1.26 bits per heavy atom. The highest BCUT2D eigenvalue weighted by Gasteiger charge is 2.20. The second-order valence-corrected chi connectivity index (χ2v) is 5.54. The zero-order valence-electron chi connectivity index (χ0n) is 11.3. The lowest BCUT2D eigenvalue weighted by Crippen LogP contribution is -2.20. The number of hydrogen-bond acceptors (Lipinski definition) is 2. The molecule has 1 aliphatic carbocycles. The van der Waals surface area contributed by atoms with Crippen LogP contribution in [0.2, 0.25) is 0 Å². The number of hydrogen-bond donors (Lipinski definition) is 2. The van der Waals surface area contributed by atoms with Crippen molar-refractivity contribution >= 4 is 17.1 Å². The van der Waals surface area contributed by atoms with E-state index in [0.29, 0.717) is 12.0 Å². The molecule has 1 saturated carbocycles. The van der Waals surface area contributed by atoms with E-state index in [0.717, 1.165) is 16.5 Å². The normalized spacial score (nSPS) is 24.3. The molecule has 3 rings (SSSR count). The van der Waals surface area contributed by atoms with Crippen molar-refractivity contribution < 1.29 is 5.11 Å². The minimum atomic E-state index is 0.216. The summed E-state index contributed by atoms with van der Waals surface area (Å²) >= 11 is 0. The molecule has 0 unspecified atom stereocenters. The molecular weight excluding hydrogens is 236 g/mol. The van der Waals surface area contributed by atoms with Gasteiger partial charge in [0.1, 0.15) is 0 Å². The van der Waals surface area contributed by atoms with Gasteiger partial charge in [0.15, 0.2) is 5.88 Å². The van der Waals surface area contributed by atoms with Crippen LogP contribution >= 0.6 is 0 Å². The van der Waals surface area contributed by atoms with E-state index in [9.17, 15) is 5.11 Å². The Morgan fingerprint density at radius 3 is 2.89 bits per heavy atom. The molecule has 19 heavy (non-hydrogen) atoms. The van der Waals surface area contributed by atoms with Crippen LogP contribution in [0.15, 0.2) is 29.3 Å². The monoisotopic (exact) mass is 256 g/mol. The fraction of sp³-hybridized carbons (Fsp3) is 0.438. The maximum Gasteiger partial charge on any atom is 0.198 e. The number of fused-ring (bicyclic) bond motifs is 1. The molecular formula is C16H20N2O. The summed E-state index contributed by atoms with van der Waals surface area (Å²) in [6, 6.07) is 8.33. The molecule has 3 heteroatoms. The fourth-order valence-corrected chi connectivity index (χ4v) is 2.97. The largest absolute Gasteiger partial charge is 0.494 e. The van der Waals surface area contributed by atoms with Crippen molar-refractivity contribution in [3.8, 4) is 5.88 Å². The van der Waals surface area contributed by atoms with Crippen molar-refractivity contribution in [1.29, 1.82) is 0 Å². The Hall–Kier alpha value is -1.77. The van der Waals surface area contributed by atoms with E-state index in [4.69, 9.17) is 4.99 Å². The summed E-state index contributed by atoms with van der Waals surface area (Å²) < 4.78 is 0. The number of aromatic amines is 1. The maximum atomic E-state index is 9.98. The van der Waals surface area contributed by atoms with E-state index in [1.165, 1.54) is 25.7 Å². The Kier molecular flexibility index (Phi) is 3.28. The predicted molar refractivity (Wildman–Crippen MR) is 79.0 cm³/mol. The van der Waals surface area contributed by atoms with Gasteiger partial charge in [-0.15, -0.1) is 0 Å². The molecule has 1 aromatic heterocycles. The molecule has 0 saturated heterocycles. The molecule has 1 aliphatic rings. The number of H-pyrrole nitrogens is 1. The van der Waals surface area contributed by atoms with Crippen LogP contribution in [0.4, 0.5) is 0 Å². The van der Waals surface area contributed by atoms with Gasteiger partial charge in [-0.1, -0.05) is 38.0 Å². The van der Waals surface area contributed by atoms with Crippen molar-refractivity contribution in [3.05, 3.63) is 29.8 Å². The van der Waals surface area contributed by atoms with Gasteiger partial charge in [0, 0.05) is 17.1 Å². The molecule has 2 atom stereocenters. The first-order valence-electron chi connectivity index (χ1n) is 7.08. The van der Waals surface area contributed by atoms with E-state index in [2.05, 4.69) is 11.9 Å². The summed E-state index contributed by atoms with van der Waals surface area (Å²) in [6.07, 6.45) is 6.88. The van der Waals surface area contributed by atoms with Crippen LogP contribution in [0.3, 0.4) is 0 Å². The van der Waals surface area contributed by atoms with Crippen LogP contribution < -0.4 is 0 Å².